The predicted molar refractivity (Wildman–Crippen MR) is 98.4 cm³/mol. The average Bonchev–Trinajstić information content (AvgIpc) is 3.43. The van der Waals surface area contributed by atoms with Crippen LogP contribution >= 0.6 is 0 Å². The van der Waals surface area contributed by atoms with Crippen LogP contribution in [-0.2, 0) is 6.54 Å². The molecule has 7 nitrogen and oxygen atoms in total. The van der Waals surface area contributed by atoms with Crippen LogP contribution in [0, 0.1) is 5.92 Å². The van der Waals surface area contributed by atoms with Crippen LogP contribution in [0.2, 0.25) is 0 Å². The molecular formula is C19H22N6O. The molecular weight excluding hydrogens is 328 g/mol. The van der Waals surface area contributed by atoms with Gasteiger partial charge in [-0.25, -0.2) is 4.68 Å². The topological polar surface area (TPSA) is 68.3 Å². The van der Waals surface area contributed by atoms with Gasteiger partial charge in [0.15, 0.2) is 5.65 Å². The monoisotopic (exact) mass is 350 g/mol. The first-order chi connectivity index (χ1) is 12.8. The predicted octanol–water partition coefficient (Wildman–Crippen LogP) is 2.08. The van der Waals surface area contributed by atoms with Gasteiger partial charge in [0.05, 0.1) is 5.69 Å². The zero-order chi connectivity index (χ0) is 17.5. The molecule has 0 amide bonds. The summed E-state index contributed by atoms with van der Waals surface area (Å²) in [4.78, 5) is 14.4. The quantitative estimate of drug-likeness (QED) is 0.721. The van der Waals surface area contributed by atoms with Gasteiger partial charge in [-0.15, -0.1) is 10.2 Å². The van der Waals surface area contributed by atoms with Crippen molar-refractivity contribution in [2.45, 2.75) is 38.1 Å². The second kappa shape index (κ2) is 6.23. The largest absolute Gasteiger partial charge is 0.341 e. The maximum atomic E-state index is 12.2. The summed E-state index contributed by atoms with van der Waals surface area (Å²) in [7, 11) is 0. The Morgan fingerprint density at radius 1 is 1.00 bits per heavy atom. The molecule has 0 radical (unpaired) electrons. The van der Waals surface area contributed by atoms with Crippen LogP contribution in [-0.4, -0.2) is 37.5 Å². The lowest BCUT2D eigenvalue weighted by Crippen LogP contribution is -2.37. The lowest BCUT2D eigenvalue weighted by Gasteiger charge is -2.31. The first-order valence-electron chi connectivity index (χ1n) is 9.41. The molecule has 4 heterocycles. The van der Waals surface area contributed by atoms with Crippen LogP contribution in [0.25, 0.3) is 5.65 Å². The average molecular weight is 350 g/mol. The highest BCUT2D eigenvalue weighted by Crippen LogP contribution is 2.38. The first-order valence-corrected chi connectivity index (χ1v) is 9.41. The number of hydrogen-bond donors (Lipinski definition) is 0. The molecule has 1 saturated carbocycles. The molecule has 5 rings (SSSR count). The van der Waals surface area contributed by atoms with Crippen LogP contribution in [0.4, 0.5) is 5.95 Å². The summed E-state index contributed by atoms with van der Waals surface area (Å²) in [6.07, 6.45) is 6.47. The Bertz CT molecular complexity index is 981. The molecule has 0 spiro atoms. The van der Waals surface area contributed by atoms with Gasteiger partial charge in [0.25, 0.3) is 5.56 Å². The van der Waals surface area contributed by atoms with Gasteiger partial charge in [0.1, 0.15) is 0 Å². The lowest BCUT2D eigenvalue weighted by molar-refractivity contribution is 0.332. The van der Waals surface area contributed by atoms with E-state index < -0.39 is 0 Å². The standard InChI is InChI=1S/C19H22N6O/c26-18-7-6-16(15-4-5-15)22-25(18)13-14-8-11-23(12-9-14)19-21-20-17-3-1-2-10-24(17)19/h1-3,6-7,10,14-15H,4-5,8-9,11-13H2. The second-order valence-electron chi connectivity index (χ2n) is 7.41. The number of rotatable bonds is 4. The summed E-state index contributed by atoms with van der Waals surface area (Å²) < 4.78 is 3.71. The van der Waals surface area contributed by atoms with Crippen molar-refractivity contribution < 1.29 is 0 Å². The van der Waals surface area contributed by atoms with Crippen LogP contribution < -0.4 is 10.5 Å². The van der Waals surface area contributed by atoms with E-state index in [0.29, 0.717) is 18.4 Å². The van der Waals surface area contributed by atoms with E-state index in [1.165, 1.54) is 12.8 Å². The van der Waals surface area contributed by atoms with Gasteiger partial charge in [-0.3, -0.25) is 9.20 Å². The van der Waals surface area contributed by atoms with Crippen LogP contribution in [0.5, 0.6) is 0 Å². The SMILES string of the molecule is O=c1ccc(C2CC2)nn1CC1CCN(c2nnc3ccccn23)CC1. The van der Waals surface area contributed by atoms with Gasteiger partial charge < -0.3 is 4.90 Å². The molecule has 0 atom stereocenters. The van der Waals surface area contributed by atoms with E-state index in [4.69, 9.17) is 0 Å². The summed E-state index contributed by atoms with van der Waals surface area (Å²) in [5.74, 6) is 1.96. The van der Waals surface area contributed by atoms with Gasteiger partial charge in [0.2, 0.25) is 5.95 Å². The fourth-order valence-corrected chi connectivity index (χ4v) is 3.80. The fourth-order valence-electron chi connectivity index (χ4n) is 3.80. The molecule has 0 bridgehead atoms. The Balaban J connectivity index is 1.27. The summed E-state index contributed by atoms with van der Waals surface area (Å²) in [6, 6.07) is 9.51. The highest BCUT2D eigenvalue weighted by molar-refractivity contribution is 5.46. The van der Waals surface area contributed by atoms with E-state index in [0.717, 1.165) is 43.2 Å². The Morgan fingerprint density at radius 3 is 2.65 bits per heavy atom. The van der Waals surface area contributed by atoms with E-state index in [9.17, 15) is 4.79 Å². The minimum atomic E-state index is 0.0141. The number of piperidine rings is 1. The van der Waals surface area contributed by atoms with Crippen molar-refractivity contribution >= 4 is 11.6 Å². The Labute approximate surface area is 151 Å². The fraction of sp³-hybridized carbons (Fsp3) is 0.474. The minimum Gasteiger partial charge on any atom is -0.341 e. The third-order valence-corrected chi connectivity index (χ3v) is 5.51. The van der Waals surface area contributed by atoms with Crippen LogP contribution in [0.3, 0.4) is 0 Å². The normalized spacial score (nSPS) is 18.5. The van der Waals surface area contributed by atoms with E-state index in [-0.39, 0.29) is 5.56 Å². The van der Waals surface area contributed by atoms with Crippen molar-refractivity contribution in [2.75, 3.05) is 18.0 Å². The third kappa shape index (κ3) is 2.87. The van der Waals surface area contributed by atoms with E-state index >= 15 is 0 Å². The summed E-state index contributed by atoms with van der Waals surface area (Å²) in [6.45, 7) is 2.57. The molecule has 7 heteroatoms. The zero-order valence-electron chi connectivity index (χ0n) is 14.7. The molecule has 26 heavy (non-hydrogen) atoms. The molecule has 1 saturated heterocycles. The van der Waals surface area contributed by atoms with Crippen molar-refractivity contribution in [2.24, 2.45) is 5.92 Å². The first kappa shape index (κ1) is 15.5. The number of anilines is 1. The van der Waals surface area contributed by atoms with Crippen molar-refractivity contribution in [3.05, 3.63) is 52.6 Å². The Kier molecular flexibility index (Phi) is 3.72. The maximum absolute atomic E-state index is 12.2. The molecule has 1 aliphatic heterocycles. The smallest absolute Gasteiger partial charge is 0.266 e. The molecule has 3 aromatic rings. The maximum Gasteiger partial charge on any atom is 0.266 e. The molecule has 134 valence electrons. The van der Waals surface area contributed by atoms with Crippen molar-refractivity contribution in [1.29, 1.82) is 0 Å². The van der Waals surface area contributed by atoms with E-state index in [1.807, 2.05) is 34.9 Å². The van der Waals surface area contributed by atoms with Crippen molar-refractivity contribution in [3.8, 4) is 0 Å². The number of pyridine rings is 1. The molecule has 0 unspecified atom stereocenters. The highest BCUT2D eigenvalue weighted by Gasteiger charge is 2.27. The highest BCUT2D eigenvalue weighted by atomic mass is 16.1. The van der Waals surface area contributed by atoms with Crippen molar-refractivity contribution in [3.63, 3.8) is 0 Å². The van der Waals surface area contributed by atoms with Crippen LogP contribution in [0.15, 0.2) is 41.3 Å². The van der Waals surface area contributed by atoms with Gasteiger partial charge >= 0.3 is 0 Å². The van der Waals surface area contributed by atoms with Gasteiger partial charge in [0, 0.05) is 37.8 Å². The van der Waals surface area contributed by atoms with Crippen LogP contribution in [0.1, 0.15) is 37.3 Å². The minimum absolute atomic E-state index is 0.0141. The number of aromatic nitrogens is 5. The molecule has 0 aromatic carbocycles. The molecule has 2 aliphatic rings. The van der Waals surface area contributed by atoms with Gasteiger partial charge in [-0.2, -0.15) is 5.10 Å². The Morgan fingerprint density at radius 2 is 1.85 bits per heavy atom. The molecule has 1 aliphatic carbocycles. The van der Waals surface area contributed by atoms with Gasteiger partial charge in [-0.05, 0) is 49.8 Å². The summed E-state index contributed by atoms with van der Waals surface area (Å²) >= 11 is 0. The van der Waals surface area contributed by atoms with Crippen molar-refractivity contribution in [1.82, 2.24) is 24.4 Å². The number of hydrogen-bond acceptors (Lipinski definition) is 5. The lowest BCUT2D eigenvalue weighted by atomic mass is 9.97. The third-order valence-electron chi connectivity index (χ3n) is 5.51. The summed E-state index contributed by atoms with van der Waals surface area (Å²) in [5, 5.41) is 13.2. The van der Waals surface area contributed by atoms with E-state index in [1.54, 1.807) is 10.7 Å². The van der Waals surface area contributed by atoms with Gasteiger partial charge in [-0.1, -0.05) is 6.07 Å². The number of fused-ring (bicyclic) bond motifs is 1. The van der Waals surface area contributed by atoms with E-state index in [2.05, 4.69) is 20.2 Å². The Hall–Kier alpha value is -2.70. The number of nitrogens with zero attached hydrogens (tertiary/aromatic N) is 6. The molecule has 2 fully saturated rings. The zero-order valence-corrected chi connectivity index (χ0v) is 14.7. The second-order valence-corrected chi connectivity index (χ2v) is 7.41. The molecule has 3 aromatic heterocycles. The summed E-state index contributed by atoms with van der Waals surface area (Å²) in [5.41, 5.74) is 1.97. The molecule has 0 N–H and O–H groups in total.